The monoisotopic (exact) mass is 476 g/mol. The van der Waals surface area contributed by atoms with Gasteiger partial charge in [-0.3, -0.25) is 9.69 Å². The Hall–Kier alpha value is -3.17. The molecule has 4 rings (SSSR count). The lowest BCUT2D eigenvalue weighted by molar-refractivity contribution is -0.137. The van der Waals surface area contributed by atoms with E-state index in [1.807, 2.05) is 6.07 Å². The second kappa shape index (κ2) is 10.4. The number of hydrogen-bond acceptors (Lipinski definition) is 4. The van der Waals surface area contributed by atoms with Crippen molar-refractivity contribution in [2.24, 2.45) is 0 Å². The third kappa shape index (κ3) is 6.24. The zero-order valence-electron chi connectivity index (χ0n) is 18.3. The first kappa shape index (κ1) is 24.0. The van der Waals surface area contributed by atoms with Crippen molar-refractivity contribution in [2.75, 3.05) is 26.2 Å². The molecule has 180 valence electrons. The predicted octanol–water partition coefficient (Wildman–Crippen LogP) is 4.98. The van der Waals surface area contributed by atoms with E-state index in [1.54, 1.807) is 18.2 Å². The van der Waals surface area contributed by atoms with Crippen LogP contribution >= 0.6 is 0 Å². The van der Waals surface area contributed by atoms with Crippen LogP contribution in [0.2, 0.25) is 0 Å². The van der Waals surface area contributed by atoms with Crippen LogP contribution in [0.5, 0.6) is 0 Å². The number of rotatable bonds is 7. The van der Waals surface area contributed by atoms with Crippen LogP contribution < -0.4 is 0 Å². The molecule has 0 aliphatic carbocycles. The summed E-state index contributed by atoms with van der Waals surface area (Å²) >= 11 is 0. The molecule has 0 bridgehead atoms. The number of furan rings is 1. The highest BCUT2D eigenvalue weighted by atomic mass is 19.4. The molecule has 3 aromatic rings. The maximum Gasteiger partial charge on any atom is 0.416 e. The number of hydrogen-bond donors (Lipinski definition) is 0. The average Bonchev–Trinajstić information content (AvgIpc) is 3.31. The Morgan fingerprint density at radius 2 is 1.88 bits per heavy atom. The van der Waals surface area contributed by atoms with E-state index in [4.69, 9.17) is 9.15 Å². The largest absolute Gasteiger partial charge is 0.467 e. The van der Waals surface area contributed by atoms with Crippen LogP contribution in [-0.4, -0.2) is 48.1 Å². The van der Waals surface area contributed by atoms with Crippen LogP contribution in [0, 0.1) is 5.82 Å². The number of amides is 1. The van der Waals surface area contributed by atoms with Gasteiger partial charge in [-0.05, 0) is 54.1 Å². The van der Waals surface area contributed by atoms with Crippen molar-refractivity contribution in [2.45, 2.75) is 25.4 Å². The summed E-state index contributed by atoms with van der Waals surface area (Å²) in [5.41, 5.74) is 0.172. The maximum absolute atomic E-state index is 13.5. The Morgan fingerprint density at radius 3 is 2.56 bits per heavy atom. The van der Waals surface area contributed by atoms with E-state index in [0.717, 1.165) is 17.7 Å². The summed E-state index contributed by atoms with van der Waals surface area (Å²) in [5.74, 6) is -0.169. The summed E-state index contributed by atoms with van der Waals surface area (Å²) in [6, 6.07) is 14.0. The van der Waals surface area contributed by atoms with E-state index in [-0.39, 0.29) is 30.6 Å². The van der Waals surface area contributed by atoms with Gasteiger partial charge < -0.3 is 14.1 Å². The molecule has 1 saturated heterocycles. The van der Waals surface area contributed by atoms with E-state index in [2.05, 4.69) is 4.90 Å². The minimum absolute atomic E-state index is 0.145. The first-order chi connectivity index (χ1) is 16.3. The fraction of sp³-hybridized carbons (Fsp3) is 0.320. The molecule has 0 unspecified atom stereocenters. The zero-order chi connectivity index (χ0) is 24.1. The van der Waals surface area contributed by atoms with Gasteiger partial charge in [0.2, 0.25) is 0 Å². The van der Waals surface area contributed by atoms with Gasteiger partial charge in [-0.25, -0.2) is 4.39 Å². The minimum atomic E-state index is -4.48. The molecular weight excluding hydrogens is 452 g/mol. The second-order valence-corrected chi connectivity index (χ2v) is 8.20. The van der Waals surface area contributed by atoms with Crippen molar-refractivity contribution < 1.29 is 31.5 Å². The quantitative estimate of drug-likeness (QED) is 0.452. The van der Waals surface area contributed by atoms with Crippen LogP contribution in [-0.2, 0) is 24.0 Å². The summed E-state index contributed by atoms with van der Waals surface area (Å²) in [6.45, 7) is 2.55. The molecule has 34 heavy (non-hydrogen) atoms. The number of carbonyl (C=O) groups is 1. The van der Waals surface area contributed by atoms with Crippen LogP contribution in [0.25, 0.3) is 0 Å². The molecule has 1 aliphatic rings. The second-order valence-electron chi connectivity index (χ2n) is 8.20. The summed E-state index contributed by atoms with van der Waals surface area (Å²) < 4.78 is 63.5. The number of halogens is 4. The van der Waals surface area contributed by atoms with Crippen LogP contribution in [0.15, 0.2) is 71.3 Å². The van der Waals surface area contributed by atoms with Gasteiger partial charge in [0, 0.05) is 31.7 Å². The van der Waals surface area contributed by atoms with Gasteiger partial charge in [-0.15, -0.1) is 0 Å². The fourth-order valence-corrected chi connectivity index (χ4v) is 3.97. The molecule has 1 fully saturated rings. The maximum atomic E-state index is 13.5. The Bertz CT molecular complexity index is 1080. The van der Waals surface area contributed by atoms with Crippen molar-refractivity contribution in [3.05, 3.63) is 95.2 Å². The van der Waals surface area contributed by atoms with Gasteiger partial charge in [0.15, 0.2) is 0 Å². The average molecular weight is 476 g/mol. The lowest BCUT2D eigenvalue weighted by atomic mass is 10.1. The van der Waals surface area contributed by atoms with Gasteiger partial charge in [0.25, 0.3) is 5.91 Å². The predicted molar refractivity (Wildman–Crippen MR) is 116 cm³/mol. The normalized spacial score (nSPS) is 17.0. The number of nitrogens with zero attached hydrogens (tertiary/aromatic N) is 2. The summed E-state index contributed by atoms with van der Waals surface area (Å²) in [7, 11) is 0. The van der Waals surface area contributed by atoms with Crippen LogP contribution in [0.3, 0.4) is 0 Å². The van der Waals surface area contributed by atoms with Gasteiger partial charge in [0.05, 0.1) is 31.1 Å². The smallest absolute Gasteiger partial charge is 0.416 e. The third-order valence-corrected chi connectivity index (χ3v) is 5.62. The molecule has 2 heterocycles. The Labute approximate surface area is 194 Å². The van der Waals surface area contributed by atoms with Crippen LogP contribution in [0.4, 0.5) is 17.6 Å². The fourth-order valence-electron chi connectivity index (χ4n) is 3.97. The molecule has 0 spiro atoms. The zero-order valence-corrected chi connectivity index (χ0v) is 18.3. The van der Waals surface area contributed by atoms with Gasteiger partial charge >= 0.3 is 6.18 Å². The molecule has 1 amide bonds. The standard InChI is InChI=1S/C25H24F4N2O3/c26-21-4-1-3-18(13-21)14-30-10-12-34-23(15-30)17-31(16-22-5-2-11-33-22)24(32)19-6-8-20(9-7-19)25(27,28)29/h1-9,11,13,23H,10,12,14-17H2/t23-/m1/s1. The summed E-state index contributed by atoms with van der Waals surface area (Å²) in [6.07, 6.45) is -3.31. The highest BCUT2D eigenvalue weighted by Gasteiger charge is 2.31. The number of carbonyl (C=O) groups excluding carboxylic acids is 1. The summed E-state index contributed by atoms with van der Waals surface area (Å²) in [5, 5.41) is 0. The molecule has 0 N–H and O–H groups in total. The molecule has 5 nitrogen and oxygen atoms in total. The number of benzene rings is 2. The highest BCUT2D eigenvalue weighted by molar-refractivity contribution is 5.94. The first-order valence-corrected chi connectivity index (χ1v) is 10.9. The van der Waals surface area contributed by atoms with Gasteiger partial charge in [-0.2, -0.15) is 13.2 Å². The SMILES string of the molecule is O=C(c1ccc(C(F)(F)F)cc1)N(Cc1ccco1)C[C@H]1CN(Cc2cccc(F)c2)CCO1. The van der Waals surface area contributed by atoms with Crippen molar-refractivity contribution >= 4 is 5.91 Å². The topological polar surface area (TPSA) is 45.9 Å². The Kier molecular flexibility index (Phi) is 7.33. The molecule has 0 saturated carbocycles. The molecule has 2 aromatic carbocycles. The van der Waals surface area contributed by atoms with Crippen molar-refractivity contribution in [1.29, 1.82) is 0 Å². The molecule has 1 aromatic heterocycles. The van der Waals surface area contributed by atoms with Crippen molar-refractivity contribution in [3.8, 4) is 0 Å². The minimum Gasteiger partial charge on any atom is -0.467 e. The molecule has 1 aliphatic heterocycles. The van der Waals surface area contributed by atoms with Crippen LogP contribution in [0.1, 0.15) is 27.2 Å². The molecular formula is C25H24F4N2O3. The number of morpholine rings is 1. The molecule has 0 radical (unpaired) electrons. The Morgan fingerprint density at radius 1 is 1.09 bits per heavy atom. The lowest BCUT2D eigenvalue weighted by Crippen LogP contribution is -2.48. The summed E-state index contributed by atoms with van der Waals surface area (Å²) in [4.78, 5) is 16.8. The van der Waals surface area contributed by atoms with Gasteiger partial charge in [0.1, 0.15) is 11.6 Å². The van der Waals surface area contributed by atoms with E-state index >= 15 is 0 Å². The van der Waals surface area contributed by atoms with Gasteiger partial charge in [-0.1, -0.05) is 12.1 Å². The van der Waals surface area contributed by atoms with Crippen molar-refractivity contribution in [3.63, 3.8) is 0 Å². The third-order valence-electron chi connectivity index (χ3n) is 5.62. The lowest BCUT2D eigenvalue weighted by Gasteiger charge is -2.35. The Balaban J connectivity index is 1.46. The van der Waals surface area contributed by atoms with E-state index in [9.17, 15) is 22.4 Å². The number of ether oxygens (including phenoxy) is 1. The van der Waals surface area contributed by atoms with E-state index in [0.29, 0.717) is 32.0 Å². The highest BCUT2D eigenvalue weighted by Crippen LogP contribution is 2.29. The first-order valence-electron chi connectivity index (χ1n) is 10.9. The van der Waals surface area contributed by atoms with E-state index < -0.39 is 17.6 Å². The molecule has 9 heteroatoms. The van der Waals surface area contributed by atoms with E-state index in [1.165, 1.54) is 35.4 Å². The number of alkyl halides is 3. The van der Waals surface area contributed by atoms with Crippen molar-refractivity contribution in [1.82, 2.24) is 9.80 Å². The molecule has 1 atom stereocenters.